The molecule has 2 rings (SSSR count). The largest absolute Gasteiger partial charge is 0.369 e. The van der Waals surface area contributed by atoms with Crippen molar-refractivity contribution < 1.29 is 0 Å². The zero-order valence-corrected chi connectivity index (χ0v) is 12.9. The Morgan fingerprint density at radius 2 is 1.94 bits per heavy atom. The molecule has 18 heavy (non-hydrogen) atoms. The van der Waals surface area contributed by atoms with Gasteiger partial charge in [-0.15, -0.1) is 0 Å². The van der Waals surface area contributed by atoms with E-state index in [0.717, 1.165) is 22.8 Å². The maximum atomic E-state index is 4.72. The molecule has 0 aromatic carbocycles. The van der Waals surface area contributed by atoms with Crippen molar-refractivity contribution in [3.05, 3.63) is 10.2 Å². The topological polar surface area (TPSA) is 41.1 Å². The number of halogens is 1. The molecule has 1 N–H and O–H groups in total. The highest BCUT2D eigenvalue weighted by Crippen LogP contribution is 2.39. The number of hydrogen-bond donors (Lipinski definition) is 1. The minimum absolute atomic E-state index is 0.582. The van der Waals surface area contributed by atoms with Gasteiger partial charge in [-0.2, -0.15) is 4.98 Å². The van der Waals surface area contributed by atoms with Crippen LogP contribution in [0.3, 0.4) is 0 Å². The summed E-state index contributed by atoms with van der Waals surface area (Å²) in [7, 11) is 3.97. The van der Waals surface area contributed by atoms with Crippen molar-refractivity contribution in [3.63, 3.8) is 0 Å². The first-order valence-corrected chi connectivity index (χ1v) is 7.41. The zero-order chi connectivity index (χ0) is 13.1. The van der Waals surface area contributed by atoms with Crippen LogP contribution in [-0.4, -0.2) is 30.6 Å². The van der Waals surface area contributed by atoms with Gasteiger partial charge in [0.05, 0.1) is 10.2 Å². The van der Waals surface area contributed by atoms with Gasteiger partial charge in [0, 0.05) is 26.6 Å². The second kappa shape index (κ2) is 5.87. The molecule has 5 heteroatoms. The molecule has 0 atom stereocenters. The quantitative estimate of drug-likeness (QED) is 0.925. The van der Waals surface area contributed by atoms with Gasteiger partial charge in [-0.05, 0) is 35.7 Å². The molecule has 1 saturated carbocycles. The number of nitrogens with one attached hydrogen (secondary N) is 1. The van der Waals surface area contributed by atoms with Crippen molar-refractivity contribution in [2.45, 2.75) is 38.5 Å². The van der Waals surface area contributed by atoms with E-state index in [2.05, 4.69) is 33.2 Å². The van der Waals surface area contributed by atoms with E-state index in [4.69, 9.17) is 4.98 Å². The minimum Gasteiger partial charge on any atom is -0.369 e. The number of rotatable bonds is 4. The Morgan fingerprint density at radius 1 is 1.28 bits per heavy atom. The molecular weight excluding hydrogens is 292 g/mol. The van der Waals surface area contributed by atoms with Crippen molar-refractivity contribution in [3.8, 4) is 0 Å². The summed E-state index contributed by atoms with van der Waals surface area (Å²) >= 11 is 3.67. The van der Waals surface area contributed by atoms with Gasteiger partial charge >= 0.3 is 0 Å². The Labute approximate surface area is 117 Å². The fourth-order valence-corrected chi connectivity index (χ4v) is 3.05. The van der Waals surface area contributed by atoms with Crippen LogP contribution in [0.2, 0.25) is 0 Å². The van der Waals surface area contributed by atoms with Crippen molar-refractivity contribution in [2.75, 3.05) is 30.9 Å². The summed E-state index contributed by atoms with van der Waals surface area (Å²) in [5.41, 5.74) is 1.17. The van der Waals surface area contributed by atoms with E-state index in [-0.39, 0.29) is 0 Å². The summed E-state index contributed by atoms with van der Waals surface area (Å²) in [4.78, 5) is 11.2. The third-order valence-electron chi connectivity index (χ3n) is 3.35. The number of aromatic nitrogens is 2. The third-order valence-corrected chi connectivity index (χ3v) is 4.13. The van der Waals surface area contributed by atoms with Gasteiger partial charge < -0.3 is 10.2 Å². The Hall–Kier alpha value is -0.840. The second-order valence-electron chi connectivity index (χ2n) is 4.98. The fraction of sp³-hybridized carbons (Fsp3) is 0.692. The molecule has 100 valence electrons. The lowest BCUT2D eigenvalue weighted by atomic mass is 10.0. The molecule has 1 heterocycles. The molecule has 0 bridgehead atoms. The Kier molecular flexibility index (Phi) is 4.43. The molecule has 1 aliphatic rings. The van der Waals surface area contributed by atoms with Crippen LogP contribution in [0.25, 0.3) is 0 Å². The Balaban J connectivity index is 2.41. The minimum atomic E-state index is 0.582. The van der Waals surface area contributed by atoms with E-state index < -0.39 is 0 Å². The first kappa shape index (κ1) is 13.6. The van der Waals surface area contributed by atoms with Gasteiger partial charge in [0.15, 0.2) is 0 Å². The SMILES string of the molecule is CCNc1nc(N(C)C)nc(C2CCCC2)c1Br. The van der Waals surface area contributed by atoms with Crippen LogP contribution in [-0.2, 0) is 0 Å². The predicted octanol–water partition coefficient (Wildman–Crippen LogP) is 3.39. The molecule has 1 aromatic heterocycles. The molecule has 1 aliphatic carbocycles. The van der Waals surface area contributed by atoms with E-state index in [9.17, 15) is 0 Å². The van der Waals surface area contributed by atoms with E-state index in [1.54, 1.807) is 0 Å². The predicted molar refractivity (Wildman–Crippen MR) is 79.4 cm³/mol. The van der Waals surface area contributed by atoms with Crippen molar-refractivity contribution in [2.24, 2.45) is 0 Å². The first-order valence-electron chi connectivity index (χ1n) is 6.62. The van der Waals surface area contributed by atoms with Crippen molar-refractivity contribution in [1.29, 1.82) is 0 Å². The second-order valence-corrected chi connectivity index (χ2v) is 5.77. The third kappa shape index (κ3) is 2.76. The standard InChI is InChI=1S/C13H21BrN4/c1-4-15-12-10(14)11(9-7-5-6-8-9)16-13(17-12)18(2)3/h9H,4-8H2,1-3H3,(H,15,16,17). The highest BCUT2D eigenvalue weighted by molar-refractivity contribution is 9.10. The molecule has 0 unspecified atom stereocenters. The van der Waals surface area contributed by atoms with E-state index >= 15 is 0 Å². The molecule has 1 fully saturated rings. The Bertz CT molecular complexity index is 414. The van der Waals surface area contributed by atoms with E-state index in [0.29, 0.717) is 5.92 Å². The van der Waals surface area contributed by atoms with Gasteiger partial charge in [-0.25, -0.2) is 4.98 Å². The molecule has 4 nitrogen and oxygen atoms in total. The maximum absolute atomic E-state index is 4.72. The van der Waals surface area contributed by atoms with Gasteiger partial charge in [-0.3, -0.25) is 0 Å². The molecule has 0 saturated heterocycles. The van der Waals surface area contributed by atoms with E-state index in [1.807, 2.05) is 19.0 Å². The maximum Gasteiger partial charge on any atom is 0.227 e. The van der Waals surface area contributed by atoms with Crippen molar-refractivity contribution >= 4 is 27.7 Å². The molecule has 0 amide bonds. The van der Waals surface area contributed by atoms with E-state index in [1.165, 1.54) is 31.4 Å². The molecular formula is C13H21BrN4. The van der Waals surface area contributed by atoms with Gasteiger partial charge in [0.25, 0.3) is 0 Å². The van der Waals surface area contributed by atoms with Crippen LogP contribution in [0.4, 0.5) is 11.8 Å². The molecule has 0 aliphatic heterocycles. The summed E-state index contributed by atoms with van der Waals surface area (Å²) in [6.07, 6.45) is 5.12. The highest BCUT2D eigenvalue weighted by Gasteiger charge is 2.24. The summed E-state index contributed by atoms with van der Waals surface area (Å²) in [5.74, 6) is 2.28. The summed E-state index contributed by atoms with van der Waals surface area (Å²) < 4.78 is 1.04. The summed E-state index contributed by atoms with van der Waals surface area (Å²) in [5, 5.41) is 3.31. The molecule has 0 radical (unpaired) electrons. The van der Waals surface area contributed by atoms with Crippen LogP contribution in [0, 0.1) is 0 Å². The van der Waals surface area contributed by atoms with Crippen LogP contribution in [0.1, 0.15) is 44.2 Å². The van der Waals surface area contributed by atoms with Gasteiger partial charge in [0.2, 0.25) is 5.95 Å². The highest BCUT2D eigenvalue weighted by atomic mass is 79.9. The number of anilines is 2. The summed E-state index contributed by atoms with van der Waals surface area (Å²) in [6, 6.07) is 0. The van der Waals surface area contributed by atoms with Crippen LogP contribution >= 0.6 is 15.9 Å². The molecule has 1 aromatic rings. The average molecular weight is 313 g/mol. The monoisotopic (exact) mass is 312 g/mol. The van der Waals surface area contributed by atoms with Crippen LogP contribution in [0.5, 0.6) is 0 Å². The Morgan fingerprint density at radius 3 is 2.50 bits per heavy atom. The lowest BCUT2D eigenvalue weighted by Crippen LogP contribution is -2.16. The summed E-state index contributed by atoms with van der Waals surface area (Å²) in [6.45, 7) is 2.95. The number of nitrogens with zero attached hydrogens (tertiary/aromatic N) is 3. The van der Waals surface area contributed by atoms with Gasteiger partial charge in [0.1, 0.15) is 5.82 Å². The lowest BCUT2D eigenvalue weighted by Gasteiger charge is -2.18. The smallest absolute Gasteiger partial charge is 0.227 e. The van der Waals surface area contributed by atoms with Crippen LogP contribution in [0.15, 0.2) is 4.47 Å². The average Bonchev–Trinajstić information content (AvgIpc) is 2.85. The fourth-order valence-electron chi connectivity index (χ4n) is 2.41. The normalized spacial score (nSPS) is 16.0. The van der Waals surface area contributed by atoms with Crippen LogP contribution < -0.4 is 10.2 Å². The zero-order valence-electron chi connectivity index (χ0n) is 11.3. The van der Waals surface area contributed by atoms with Crippen molar-refractivity contribution in [1.82, 2.24) is 9.97 Å². The lowest BCUT2D eigenvalue weighted by molar-refractivity contribution is 0.688. The van der Waals surface area contributed by atoms with Gasteiger partial charge in [-0.1, -0.05) is 12.8 Å². The number of hydrogen-bond acceptors (Lipinski definition) is 4. The first-order chi connectivity index (χ1) is 8.63. The molecule has 0 spiro atoms.